The van der Waals surface area contributed by atoms with E-state index in [0.29, 0.717) is 36.0 Å². The molecule has 2 aliphatic rings. The lowest BCUT2D eigenvalue weighted by Crippen LogP contribution is -2.58. The van der Waals surface area contributed by atoms with Crippen LogP contribution in [0, 0.1) is 0 Å². The van der Waals surface area contributed by atoms with Crippen LogP contribution in [0.2, 0.25) is 10.2 Å². The molecule has 2 aromatic rings. The minimum Gasteiger partial charge on any atom is -0.478 e. The predicted molar refractivity (Wildman–Crippen MR) is 140 cm³/mol. The standard InChI is InChI=1S/C24H31Cl2N7O3/c1-2-16-13-32(23-20(26)29-19(22(28)34)21(27)30-23)9-10-33(16)17-5-7-31(8-6-17)12-14-3-4-15(25)11-18(14)24(35)36/h3-4,11,16-17H,2,5-10,12-13H2,1H3,(H2,27,30)(H2,28,34)(H,35,36)/t16-/m0/s1. The van der Waals surface area contributed by atoms with Gasteiger partial charge in [-0.05, 0) is 50.0 Å². The Labute approximate surface area is 220 Å². The summed E-state index contributed by atoms with van der Waals surface area (Å²) in [5.74, 6) is -1.26. The fraction of sp³-hybridized carbons (Fsp3) is 0.500. The maximum absolute atomic E-state index is 11.6. The van der Waals surface area contributed by atoms with Crippen molar-refractivity contribution >= 4 is 46.7 Å². The largest absolute Gasteiger partial charge is 0.478 e. The van der Waals surface area contributed by atoms with E-state index in [4.69, 9.17) is 34.7 Å². The molecule has 1 atom stereocenters. The van der Waals surface area contributed by atoms with Crippen molar-refractivity contribution in [2.75, 3.05) is 43.4 Å². The molecule has 36 heavy (non-hydrogen) atoms. The Balaban J connectivity index is 1.38. The highest BCUT2D eigenvalue weighted by molar-refractivity contribution is 6.32. The number of aromatic nitrogens is 2. The summed E-state index contributed by atoms with van der Waals surface area (Å²) in [6, 6.07) is 5.82. The summed E-state index contributed by atoms with van der Waals surface area (Å²) in [6.07, 6.45) is 2.98. The highest BCUT2D eigenvalue weighted by atomic mass is 35.5. The number of aromatic carboxylic acids is 1. The summed E-state index contributed by atoms with van der Waals surface area (Å²) in [5, 5.41) is 10.1. The van der Waals surface area contributed by atoms with E-state index in [1.165, 1.54) is 6.07 Å². The fourth-order valence-electron chi connectivity index (χ4n) is 5.24. The molecule has 194 valence electrons. The number of piperazine rings is 1. The van der Waals surface area contributed by atoms with E-state index >= 15 is 0 Å². The molecule has 0 spiro atoms. The minimum atomic E-state index is -0.957. The predicted octanol–water partition coefficient (Wildman–Crippen LogP) is 2.73. The molecular weight excluding hydrogens is 505 g/mol. The van der Waals surface area contributed by atoms with Crippen molar-refractivity contribution in [1.29, 1.82) is 0 Å². The van der Waals surface area contributed by atoms with Crippen LogP contribution in [-0.4, -0.2) is 81.6 Å². The number of amides is 1. The molecule has 2 fully saturated rings. The summed E-state index contributed by atoms with van der Waals surface area (Å²) in [6.45, 7) is 6.84. The van der Waals surface area contributed by atoms with Crippen LogP contribution in [-0.2, 0) is 6.54 Å². The van der Waals surface area contributed by atoms with Crippen LogP contribution in [0.3, 0.4) is 0 Å². The molecule has 0 aliphatic carbocycles. The van der Waals surface area contributed by atoms with Crippen molar-refractivity contribution in [3.63, 3.8) is 0 Å². The molecule has 1 aromatic heterocycles. The number of nitrogen functional groups attached to an aromatic ring is 1. The summed E-state index contributed by atoms with van der Waals surface area (Å²) >= 11 is 12.3. The number of carboxylic acids is 1. The van der Waals surface area contributed by atoms with Gasteiger partial charge in [-0.3, -0.25) is 14.6 Å². The molecule has 2 aliphatic heterocycles. The first kappa shape index (κ1) is 26.4. The number of primary amides is 1. The van der Waals surface area contributed by atoms with Gasteiger partial charge in [-0.1, -0.05) is 36.2 Å². The summed E-state index contributed by atoms with van der Waals surface area (Å²) in [4.78, 5) is 38.5. The number of carbonyl (C=O) groups excluding carboxylic acids is 1. The van der Waals surface area contributed by atoms with Crippen molar-refractivity contribution in [2.24, 2.45) is 5.73 Å². The zero-order chi connectivity index (χ0) is 26.0. The molecule has 10 nitrogen and oxygen atoms in total. The second kappa shape index (κ2) is 11.2. The zero-order valence-corrected chi connectivity index (χ0v) is 21.7. The summed E-state index contributed by atoms with van der Waals surface area (Å²) < 4.78 is 0. The molecule has 0 saturated carbocycles. The Morgan fingerprint density at radius 3 is 2.50 bits per heavy atom. The van der Waals surface area contributed by atoms with Crippen molar-refractivity contribution in [1.82, 2.24) is 19.8 Å². The van der Waals surface area contributed by atoms with Gasteiger partial charge in [0, 0.05) is 43.3 Å². The van der Waals surface area contributed by atoms with Gasteiger partial charge in [0.25, 0.3) is 5.91 Å². The Kier molecular flexibility index (Phi) is 8.19. The Morgan fingerprint density at radius 1 is 1.14 bits per heavy atom. The second-order valence-corrected chi connectivity index (χ2v) is 10.1. The van der Waals surface area contributed by atoms with Gasteiger partial charge < -0.3 is 21.5 Å². The van der Waals surface area contributed by atoms with Gasteiger partial charge >= 0.3 is 5.97 Å². The number of rotatable bonds is 7. The molecule has 0 bridgehead atoms. The first-order chi connectivity index (χ1) is 17.2. The van der Waals surface area contributed by atoms with E-state index in [2.05, 4.69) is 31.6 Å². The van der Waals surface area contributed by atoms with Gasteiger partial charge in [-0.2, -0.15) is 0 Å². The second-order valence-electron chi connectivity index (χ2n) is 9.30. The molecule has 12 heteroatoms. The lowest BCUT2D eigenvalue weighted by atomic mass is 9.97. The molecule has 3 heterocycles. The highest BCUT2D eigenvalue weighted by Gasteiger charge is 2.34. The molecule has 0 unspecified atom stereocenters. The molecule has 1 aromatic carbocycles. The molecular formula is C24H31Cl2N7O3. The molecule has 4 rings (SSSR count). The van der Waals surface area contributed by atoms with Crippen molar-refractivity contribution in [2.45, 2.75) is 44.8 Å². The number of nitrogens with two attached hydrogens (primary N) is 2. The van der Waals surface area contributed by atoms with Gasteiger partial charge in [-0.15, -0.1) is 0 Å². The zero-order valence-electron chi connectivity index (χ0n) is 20.2. The van der Waals surface area contributed by atoms with Crippen LogP contribution < -0.4 is 16.4 Å². The number of carbonyl (C=O) groups is 2. The average Bonchev–Trinajstić information content (AvgIpc) is 2.86. The van der Waals surface area contributed by atoms with Gasteiger partial charge in [0.05, 0.1) is 5.56 Å². The average molecular weight is 536 g/mol. The smallest absolute Gasteiger partial charge is 0.336 e. The number of piperidine rings is 1. The number of anilines is 2. The quantitative estimate of drug-likeness (QED) is 0.487. The number of hydrogen-bond donors (Lipinski definition) is 3. The lowest BCUT2D eigenvalue weighted by molar-refractivity contribution is 0.0602. The third-order valence-corrected chi connectivity index (χ3v) is 7.61. The van der Waals surface area contributed by atoms with Crippen LogP contribution in [0.5, 0.6) is 0 Å². The number of benzene rings is 1. The van der Waals surface area contributed by atoms with Crippen molar-refractivity contribution < 1.29 is 14.7 Å². The van der Waals surface area contributed by atoms with E-state index in [0.717, 1.165) is 51.0 Å². The molecule has 2 saturated heterocycles. The van der Waals surface area contributed by atoms with Gasteiger partial charge in [0.15, 0.2) is 22.5 Å². The first-order valence-electron chi connectivity index (χ1n) is 12.1. The Morgan fingerprint density at radius 2 is 1.86 bits per heavy atom. The van der Waals surface area contributed by atoms with Crippen LogP contribution >= 0.6 is 23.2 Å². The van der Waals surface area contributed by atoms with Gasteiger partial charge in [0.1, 0.15) is 0 Å². The van der Waals surface area contributed by atoms with Gasteiger partial charge in [-0.25, -0.2) is 14.8 Å². The highest BCUT2D eigenvalue weighted by Crippen LogP contribution is 2.30. The molecule has 0 radical (unpaired) electrons. The number of nitrogens with zero attached hydrogens (tertiary/aromatic N) is 5. The normalized spacial score (nSPS) is 20.0. The fourth-order valence-corrected chi connectivity index (χ4v) is 5.66. The number of carboxylic acid groups (broad SMARTS) is 1. The van der Waals surface area contributed by atoms with Crippen molar-refractivity contribution in [3.8, 4) is 0 Å². The Hall–Kier alpha value is -2.66. The van der Waals surface area contributed by atoms with Crippen LogP contribution in [0.4, 0.5) is 11.6 Å². The van der Waals surface area contributed by atoms with E-state index in [1.807, 2.05) is 0 Å². The van der Waals surface area contributed by atoms with E-state index in [1.54, 1.807) is 12.1 Å². The molecule has 5 N–H and O–H groups in total. The maximum atomic E-state index is 11.6. The lowest BCUT2D eigenvalue weighted by Gasteiger charge is -2.47. The SMILES string of the molecule is CC[C@H]1CN(c2nc(N)c(C(N)=O)nc2Cl)CCN1C1CCN(Cc2ccc(Cl)cc2C(=O)O)CC1. The van der Waals surface area contributed by atoms with Crippen LogP contribution in [0.25, 0.3) is 0 Å². The third-order valence-electron chi connectivity index (χ3n) is 7.12. The summed E-state index contributed by atoms with van der Waals surface area (Å²) in [5.41, 5.74) is 12.1. The van der Waals surface area contributed by atoms with E-state index in [-0.39, 0.29) is 22.2 Å². The van der Waals surface area contributed by atoms with Crippen LogP contribution in [0.15, 0.2) is 18.2 Å². The van der Waals surface area contributed by atoms with Gasteiger partial charge in [0.2, 0.25) is 0 Å². The molecule has 1 amide bonds. The summed E-state index contributed by atoms with van der Waals surface area (Å²) in [7, 11) is 0. The third kappa shape index (κ3) is 5.67. The topological polar surface area (TPSA) is 142 Å². The maximum Gasteiger partial charge on any atom is 0.336 e. The van der Waals surface area contributed by atoms with Crippen molar-refractivity contribution in [3.05, 3.63) is 45.2 Å². The number of hydrogen-bond acceptors (Lipinski definition) is 8. The number of halogens is 2. The van der Waals surface area contributed by atoms with Crippen LogP contribution in [0.1, 0.15) is 52.6 Å². The Bertz CT molecular complexity index is 1140. The monoisotopic (exact) mass is 535 g/mol. The minimum absolute atomic E-state index is 0.0171. The first-order valence-corrected chi connectivity index (χ1v) is 12.8. The number of likely N-dealkylation sites (tertiary alicyclic amines) is 1. The van der Waals surface area contributed by atoms with E-state index in [9.17, 15) is 14.7 Å². The van der Waals surface area contributed by atoms with E-state index < -0.39 is 11.9 Å².